The molecule has 0 atom stereocenters. The van der Waals surface area contributed by atoms with E-state index in [1.54, 1.807) is 24.3 Å². The predicted octanol–water partition coefficient (Wildman–Crippen LogP) is 2.21. The molecule has 0 spiro atoms. The van der Waals surface area contributed by atoms with Gasteiger partial charge >= 0.3 is 0 Å². The van der Waals surface area contributed by atoms with Crippen LogP contribution in [0, 0.1) is 0 Å². The van der Waals surface area contributed by atoms with Gasteiger partial charge in [-0.15, -0.1) is 0 Å². The van der Waals surface area contributed by atoms with Gasteiger partial charge in [0.25, 0.3) is 0 Å². The summed E-state index contributed by atoms with van der Waals surface area (Å²) in [5, 5.41) is 0. The van der Waals surface area contributed by atoms with Crippen LogP contribution >= 0.6 is 0 Å². The SMILES string of the molecule is O=Cc1ccc(CS(=O)(=O)Cc2ccccc2)o1. The summed E-state index contributed by atoms with van der Waals surface area (Å²) >= 11 is 0. The molecule has 0 aliphatic rings. The van der Waals surface area contributed by atoms with Crippen molar-refractivity contribution in [2.45, 2.75) is 11.5 Å². The van der Waals surface area contributed by atoms with Crippen LogP contribution < -0.4 is 0 Å². The highest BCUT2D eigenvalue weighted by molar-refractivity contribution is 7.89. The second-order valence-electron chi connectivity index (χ2n) is 3.94. The summed E-state index contributed by atoms with van der Waals surface area (Å²) in [7, 11) is -3.29. The van der Waals surface area contributed by atoms with Crippen molar-refractivity contribution in [2.75, 3.05) is 0 Å². The highest BCUT2D eigenvalue weighted by Crippen LogP contribution is 2.14. The number of furan rings is 1. The predicted molar refractivity (Wildman–Crippen MR) is 66.9 cm³/mol. The van der Waals surface area contributed by atoms with E-state index in [4.69, 9.17) is 4.42 Å². The molecule has 0 bridgehead atoms. The molecule has 0 amide bonds. The van der Waals surface area contributed by atoms with Gasteiger partial charge in [0.1, 0.15) is 11.5 Å². The van der Waals surface area contributed by atoms with Gasteiger partial charge in [0.15, 0.2) is 21.9 Å². The van der Waals surface area contributed by atoms with E-state index in [-0.39, 0.29) is 23.0 Å². The van der Waals surface area contributed by atoms with E-state index in [1.807, 2.05) is 6.07 Å². The van der Waals surface area contributed by atoms with E-state index in [1.165, 1.54) is 12.1 Å². The first-order valence-corrected chi connectivity index (χ1v) is 7.19. The van der Waals surface area contributed by atoms with Crippen LogP contribution in [-0.2, 0) is 21.3 Å². The lowest BCUT2D eigenvalue weighted by Crippen LogP contribution is -2.06. The van der Waals surface area contributed by atoms with Gasteiger partial charge in [0, 0.05) is 0 Å². The lowest BCUT2D eigenvalue weighted by molar-refractivity contribution is 0.109. The molecule has 18 heavy (non-hydrogen) atoms. The van der Waals surface area contributed by atoms with Crippen LogP contribution in [0.3, 0.4) is 0 Å². The summed E-state index contributed by atoms with van der Waals surface area (Å²) in [5.41, 5.74) is 0.736. The zero-order chi connectivity index (χ0) is 13.0. The number of carbonyl (C=O) groups is 1. The Labute approximate surface area is 105 Å². The van der Waals surface area contributed by atoms with E-state index in [0.29, 0.717) is 6.29 Å². The highest BCUT2D eigenvalue weighted by atomic mass is 32.2. The average molecular weight is 264 g/mol. The third kappa shape index (κ3) is 3.30. The maximum atomic E-state index is 11.9. The monoisotopic (exact) mass is 264 g/mol. The molecule has 1 heterocycles. The molecule has 5 heteroatoms. The van der Waals surface area contributed by atoms with E-state index in [0.717, 1.165) is 5.56 Å². The largest absolute Gasteiger partial charge is 0.457 e. The van der Waals surface area contributed by atoms with Crippen LogP contribution in [0.1, 0.15) is 21.9 Å². The quantitative estimate of drug-likeness (QED) is 0.777. The third-order valence-electron chi connectivity index (χ3n) is 2.39. The molecule has 1 aromatic carbocycles. The Morgan fingerprint density at radius 2 is 1.72 bits per heavy atom. The fourth-order valence-electron chi connectivity index (χ4n) is 1.63. The van der Waals surface area contributed by atoms with E-state index in [9.17, 15) is 13.2 Å². The van der Waals surface area contributed by atoms with Crippen LogP contribution in [0.2, 0.25) is 0 Å². The van der Waals surface area contributed by atoms with Crippen LogP contribution in [0.15, 0.2) is 46.9 Å². The van der Waals surface area contributed by atoms with Crippen molar-refractivity contribution in [3.63, 3.8) is 0 Å². The molecule has 0 fully saturated rings. The van der Waals surface area contributed by atoms with E-state index < -0.39 is 9.84 Å². The fourth-order valence-corrected chi connectivity index (χ4v) is 3.02. The maximum Gasteiger partial charge on any atom is 0.185 e. The first-order chi connectivity index (χ1) is 8.59. The second kappa shape index (κ2) is 5.18. The van der Waals surface area contributed by atoms with Gasteiger partial charge in [-0.1, -0.05) is 30.3 Å². The number of benzene rings is 1. The molecule has 0 saturated heterocycles. The molecular weight excluding hydrogens is 252 g/mol. The Morgan fingerprint density at radius 3 is 2.33 bits per heavy atom. The zero-order valence-corrected chi connectivity index (χ0v) is 10.4. The van der Waals surface area contributed by atoms with Gasteiger partial charge in [-0.05, 0) is 17.7 Å². The molecule has 0 aliphatic heterocycles. The summed E-state index contributed by atoms with van der Waals surface area (Å²) in [6, 6.07) is 11.9. The first-order valence-electron chi connectivity index (χ1n) is 5.37. The number of carbonyl (C=O) groups excluding carboxylic acids is 1. The Balaban J connectivity index is 2.10. The molecule has 1 aromatic heterocycles. The Hall–Kier alpha value is -1.88. The number of hydrogen-bond acceptors (Lipinski definition) is 4. The van der Waals surface area contributed by atoms with Crippen LogP contribution in [0.4, 0.5) is 0 Å². The topological polar surface area (TPSA) is 64.3 Å². The minimum atomic E-state index is -3.29. The minimum Gasteiger partial charge on any atom is -0.457 e. The van der Waals surface area contributed by atoms with Crippen molar-refractivity contribution in [3.8, 4) is 0 Å². The average Bonchev–Trinajstić information content (AvgIpc) is 2.76. The van der Waals surface area contributed by atoms with E-state index in [2.05, 4.69) is 0 Å². The summed E-state index contributed by atoms with van der Waals surface area (Å²) in [6.07, 6.45) is 0.549. The maximum absolute atomic E-state index is 11.9. The van der Waals surface area contributed by atoms with Crippen molar-refractivity contribution in [2.24, 2.45) is 0 Å². The van der Waals surface area contributed by atoms with Gasteiger partial charge in [-0.3, -0.25) is 4.79 Å². The van der Waals surface area contributed by atoms with Gasteiger partial charge in [0.2, 0.25) is 0 Å². The summed E-state index contributed by atoms with van der Waals surface area (Å²) in [4.78, 5) is 10.4. The van der Waals surface area contributed by atoms with Crippen molar-refractivity contribution >= 4 is 16.1 Å². The van der Waals surface area contributed by atoms with Gasteiger partial charge in [-0.25, -0.2) is 8.42 Å². The number of sulfone groups is 1. The molecule has 94 valence electrons. The van der Waals surface area contributed by atoms with Crippen molar-refractivity contribution in [3.05, 3.63) is 59.5 Å². The van der Waals surface area contributed by atoms with Gasteiger partial charge in [-0.2, -0.15) is 0 Å². The summed E-state index contributed by atoms with van der Waals surface area (Å²) < 4.78 is 28.9. The Kier molecular flexibility index (Phi) is 3.62. The summed E-state index contributed by atoms with van der Waals surface area (Å²) in [5.74, 6) is 0.189. The Bertz CT molecular complexity index is 626. The number of rotatable bonds is 5. The number of hydrogen-bond donors (Lipinski definition) is 0. The van der Waals surface area contributed by atoms with Gasteiger partial charge in [0.05, 0.1) is 5.75 Å². The van der Waals surface area contributed by atoms with Crippen molar-refractivity contribution in [1.29, 1.82) is 0 Å². The van der Waals surface area contributed by atoms with Crippen LogP contribution in [-0.4, -0.2) is 14.7 Å². The number of aldehydes is 1. The summed E-state index contributed by atoms with van der Waals surface area (Å²) in [6.45, 7) is 0. The molecule has 0 saturated carbocycles. The molecule has 2 rings (SSSR count). The van der Waals surface area contributed by atoms with Crippen LogP contribution in [0.5, 0.6) is 0 Å². The molecule has 0 aliphatic carbocycles. The first kappa shape index (κ1) is 12.6. The molecule has 2 aromatic rings. The fraction of sp³-hybridized carbons (Fsp3) is 0.154. The minimum absolute atomic E-state index is 0.0367. The molecule has 0 unspecified atom stereocenters. The molecular formula is C13H12O4S. The molecule has 0 N–H and O–H groups in total. The normalized spacial score (nSPS) is 11.3. The van der Waals surface area contributed by atoms with Crippen LogP contribution in [0.25, 0.3) is 0 Å². The Morgan fingerprint density at radius 1 is 1.00 bits per heavy atom. The molecule has 0 radical (unpaired) electrons. The molecule has 4 nitrogen and oxygen atoms in total. The standard InChI is InChI=1S/C13H12O4S/c14-8-12-6-7-13(17-12)10-18(15,16)9-11-4-2-1-3-5-11/h1-8H,9-10H2. The third-order valence-corrected chi connectivity index (χ3v) is 3.89. The lowest BCUT2D eigenvalue weighted by Gasteiger charge is -2.02. The lowest BCUT2D eigenvalue weighted by atomic mass is 10.2. The zero-order valence-electron chi connectivity index (χ0n) is 9.57. The van der Waals surface area contributed by atoms with Crippen molar-refractivity contribution < 1.29 is 17.6 Å². The van der Waals surface area contributed by atoms with E-state index >= 15 is 0 Å². The van der Waals surface area contributed by atoms with Crippen molar-refractivity contribution in [1.82, 2.24) is 0 Å². The van der Waals surface area contributed by atoms with Gasteiger partial charge < -0.3 is 4.42 Å². The smallest absolute Gasteiger partial charge is 0.185 e. The highest BCUT2D eigenvalue weighted by Gasteiger charge is 2.15. The second-order valence-corrected chi connectivity index (χ2v) is 6.00.